The number of hydrogen-bond donors (Lipinski definition) is 0. The van der Waals surface area contributed by atoms with Crippen molar-refractivity contribution >= 4 is 45.1 Å². The number of carbonyl (C=O) groups excluding carboxylic acids is 1. The lowest BCUT2D eigenvalue weighted by atomic mass is 9.71. The molecule has 230 valence electrons. The van der Waals surface area contributed by atoms with E-state index in [1.807, 2.05) is 31.0 Å². The van der Waals surface area contributed by atoms with E-state index in [4.69, 9.17) is 21.3 Å². The Morgan fingerprint density at radius 1 is 1.23 bits per heavy atom. The van der Waals surface area contributed by atoms with Crippen molar-refractivity contribution in [2.24, 2.45) is 12.5 Å². The summed E-state index contributed by atoms with van der Waals surface area (Å²) < 4.78 is 24.9. The van der Waals surface area contributed by atoms with E-state index in [0.29, 0.717) is 48.6 Å². The molecule has 3 aliphatic rings. The SMILES string of the molecule is C=CC(=O)N1CC2(CCN(c3nc(OC[C@@H]4CCCN4C)nc4c(F)c(-c5c(C)ccc6cnn(C)c56)c(Cl)cc34)C2)C1C. The Labute approximate surface area is 261 Å². The van der Waals surface area contributed by atoms with E-state index in [2.05, 4.69) is 40.4 Å². The lowest BCUT2D eigenvalue weighted by Crippen LogP contribution is -2.65. The molecule has 3 atom stereocenters. The van der Waals surface area contributed by atoms with Crippen LogP contribution < -0.4 is 9.64 Å². The van der Waals surface area contributed by atoms with Crippen LogP contribution in [0, 0.1) is 18.2 Å². The van der Waals surface area contributed by atoms with Gasteiger partial charge in [-0.05, 0) is 64.4 Å². The highest BCUT2D eigenvalue weighted by Gasteiger charge is 2.55. The molecule has 3 aliphatic heterocycles. The predicted molar refractivity (Wildman–Crippen MR) is 171 cm³/mol. The number of aromatic nitrogens is 4. The first-order valence-corrected chi connectivity index (χ1v) is 15.6. The van der Waals surface area contributed by atoms with Crippen LogP contribution in [0.15, 0.2) is 37.1 Å². The number of likely N-dealkylation sites (tertiary alicyclic amines) is 2. The van der Waals surface area contributed by atoms with Gasteiger partial charge in [-0.1, -0.05) is 30.3 Å². The molecule has 44 heavy (non-hydrogen) atoms. The Morgan fingerprint density at radius 2 is 2.05 bits per heavy atom. The summed E-state index contributed by atoms with van der Waals surface area (Å²) in [7, 11) is 3.94. The number of halogens is 2. The lowest BCUT2D eigenvalue weighted by Gasteiger charge is -2.54. The van der Waals surface area contributed by atoms with Gasteiger partial charge in [-0.15, -0.1) is 0 Å². The third-order valence-corrected chi connectivity index (χ3v) is 10.6. The third kappa shape index (κ3) is 4.44. The molecule has 0 aliphatic carbocycles. The minimum atomic E-state index is -0.510. The van der Waals surface area contributed by atoms with Crippen LogP contribution in [0.5, 0.6) is 6.01 Å². The van der Waals surface area contributed by atoms with Gasteiger partial charge in [0, 0.05) is 66.1 Å². The zero-order chi connectivity index (χ0) is 30.9. The fourth-order valence-electron chi connectivity index (χ4n) is 7.50. The molecule has 2 unspecified atom stereocenters. The first-order valence-electron chi connectivity index (χ1n) is 15.2. The number of ether oxygens (including phenoxy) is 1. The van der Waals surface area contributed by atoms with Gasteiger partial charge in [0.1, 0.15) is 17.9 Å². The summed E-state index contributed by atoms with van der Waals surface area (Å²) in [6, 6.07) is 6.20. The van der Waals surface area contributed by atoms with Crippen LogP contribution in [-0.4, -0.2) is 87.4 Å². The van der Waals surface area contributed by atoms with Crippen LogP contribution in [0.1, 0.15) is 31.7 Å². The number of anilines is 1. The van der Waals surface area contributed by atoms with Crippen molar-refractivity contribution in [2.75, 3.05) is 44.7 Å². The fraction of sp³-hybridized carbons (Fsp3) is 0.455. The molecule has 1 spiro atoms. The lowest BCUT2D eigenvalue weighted by molar-refractivity contribution is -0.145. The molecular formula is C33H37ClFN7O2. The maximum Gasteiger partial charge on any atom is 0.319 e. The number of benzene rings is 2. The molecule has 3 fully saturated rings. The summed E-state index contributed by atoms with van der Waals surface area (Å²) in [5.41, 5.74) is 2.78. The van der Waals surface area contributed by atoms with Crippen LogP contribution in [0.2, 0.25) is 5.02 Å². The molecule has 4 aromatic rings. The van der Waals surface area contributed by atoms with E-state index in [1.54, 1.807) is 16.9 Å². The molecule has 5 heterocycles. The van der Waals surface area contributed by atoms with Gasteiger partial charge in [-0.25, -0.2) is 4.39 Å². The van der Waals surface area contributed by atoms with Crippen LogP contribution in [0.3, 0.4) is 0 Å². The van der Waals surface area contributed by atoms with Crippen molar-refractivity contribution in [1.82, 2.24) is 29.5 Å². The maximum absolute atomic E-state index is 16.9. The summed E-state index contributed by atoms with van der Waals surface area (Å²) in [5, 5.41) is 6.14. The smallest absolute Gasteiger partial charge is 0.319 e. The van der Waals surface area contributed by atoms with Crippen molar-refractivity contribution in [3.63, 3.8) is 0 Å². The Hall–Kier alpha value is -3.76. The highest BCUT2D eigenvalue weighted by atomic mass is 35.5. The molecule has 0 radical (unpaired) electrons. The van der Waals surface area contributed by atoms with E-state index in [1.165, 1.54) is 6.08 Å². The van der Waals surface area contributed by atoms with Crippen molar-refractivity contribution in [1.29, 1.82) is 0 Å². The van der Waals surface area contributed by atoms with Gasteiger partial charge < -0.3 is 19.4 Å². The van der Waals surface area contributed by atoms with Gasteiger partial charge in [-0.2, -0.15) is 15.1 Å². The van der Waals surface area contributed by atoms with Gasteiger partial charge in [-0.3, -0.25) is 9.48 Å². The van der Waals surface area contributed by atoms with Crippen molar-refractivity contribution in [3.8, 4) is 17.1 Å². The molecular weight excluding hydrogens is 581 g/mol. The Kier molecular flexibility index (Phi) is 7.05. The van der Waals surface area contributed by atoms with E-state index in [-0.39, 0.29) is 40.0 Å². The van der Waals surface area contributed by atoms with Crippen LogP contribution in [0.4, 0.5) is 10.2 Å². The molecule has 9 nitrogen and oxygen atoms in total. The number of rotatable bonds is 6. The average molecular weight is 618 g/mol. The molecule has 0 N–H and O–H groups in total. The molecule has 2 aromatic carbocycles. The zero-order valence-electron chi connectivity index (χ0n) is 25.6. The number of hydrogen-bond acceptors (Lipinski definition) is 7. The molecule has 2 aromatic heterocycles. The summed E-state index contributed by atoms with van der Waals surface area (Å²) in [4.78, 5) is 28.2. The predicted octanol–water partition coefficient (Wildman–Crippen LogP) is 5.37. The zero-order valence-corrected chi connectivity index (χ0v) is 26.4. The fourth-order valence-corrected chi connectivity index (χ4v) is 7.78. The summed E-state index contributed by atoms with van der Waals surface area (Å²) in [6.45, 7) is 11.2. The largest absolute Gasteiger partial charge is 0.462 e. The van der Waals surface area contributed by atoms with E-state index >= 15 is 4.39 Å². The number of fused-ring (bicyclic) bond motifs is 2. The number of carbonyl (C=O) groups is 1. The first-order chi connectivity index (χ1) is 21.1. The normalized spacial score (nSPS) is 23.7. The van der Waals surface area contributed by atoms with E-state index in [9.17, 15) is 4.79 Å². The number of amides is 1. The second-order valence-corrected chi connectivity index (χ2v) is 13.1. The molecule has 1 amide bonds. The van der Waals surface area contributed by atoms with Crippen molar-refractivity contribution < 1.29 is 13.9 Å². The van der Waals surface area contributed by atoms with E-state index in [0.717, 1.165) is 42.3 Å². The second-order valence-electron chi connectivity index (χ2n) is 12.7. The van der Waals surface area contributed by atoms with Gasteiger partial charge in [0.2, 0.25) is 5.91 Å². The molecule has 0 bridgehead atoms. The number of likely N-dealkylation sites (N-methyl/N-ethyl adjacent to an activating group) is 1. The second kappa shape index (κ2) is 10.7. The Balaban J connectivity index is 1.34. The van der Waals surface area contributed by atoms with Crippen LogP contribution in [0.25, 0.3) is 32.9 Å². The van der Waals surface area contributed by atoms with Gasteiger partial charge in [0.25, 0.3) is 0 Å². The first kappa shape index (κ1) is 29.0. The average Bonchev–Trinajstić information content (AvgIpc) is 3.75. The molecule has 3 saturated heterocycles. The Morgan fingerprint density at radius 3 is 2.77 bits per heavy atom. The molecule has 11 heteroatoms. The van der Waals surface area contributed by atoms with Crippen LogP contribution in [-0.2, 0) is 11.8 Å². The molecule has 7 rings (SSSR count). The topological polar surface area (TPSA) is 79.6 Å². The summed E-state index contributed by atoms with van der Waals surface area (Å²) >= 11 is 6.97. The quantitative estimate of drug-likeness (QED) is 0.269. The van der Waals surface area contributed by atoms with Gasteiger partial charge in [0.15, 0.2) is 5.82 Å². The summed E-state index contributed by atoms with van der Waals surface area (Å²) in [5.74, 6) is 0.0383. The van der Waals surface area contributed by atoms with Crippen LogP contribution >= 0.6 is 11.6 Å². The third-order valence-electron chi connectivity index (χ3n) is 10.3. The minimum absolute atomic E-state index is 0.0539. The van der Waals surface area contributed by atoms with Crippen molar-refractivity contribution in [3.05, 3.63) is 53.5 Å². The monoisotopic (exact) mass is 617 g/mol. The highest BCUT2D eigenvalue weighted by molar-refractivity contribution is 6.35. The van der Waals surface area contributed by atoms with Gasteiger partial charge >= 0.3 is 6.01 Å². The minimum Gasteiger partial charge on any atom is -0.462 e. The number of aryl methyl sites for hydroxylation is 2. The van der Waals surface area contributed by atoms with Crippen molar-refractivity contribution in [2.45, 2.75) is 45.2 Å². The van der Waals surface area contributed by atoms with Gasteiger partial charge in [0.05, 0.1) is 16.7 Å². The maximum atomic E-state index is 16.9. The highest BCUT2D eigenvalue weighted by Crippen LogP contribution is 2.48. The standard InChI is InChI=1S/C33H37ClFN7O2/c1-6-25(43)42-18-33(20(42)3)11-13-41(17-33)31-23-14-24(34)27(26-19(2)9-10-21-15-36-40(5)30(21)26)28(35)29(23)37-32(38-31)44-16-22-8-7-12-39(22)4/h6,9-10,14-15,20,22H,1,7-8,11-13,16-18H2,2-5H3/t20?,22-,33?/m0/s1. The molecule has 0 saturated carbocycles. The number of nitrogens with zero attached hydrogens (tertiary/aromatic N) is 7. The Bertz CT molecular complexity index is 1830. The summed E-state index contributed by atoms with van der Waals surface area (Å²) in [6.07, 6.45) is 6.18. The van der Waals surface area contributed by atoms with E-state index < -0.39 is 5.82 Å².